The monoisotopic (exact) mass is 283 g/mol. The maximum absolute atomic E-state index is 11.0. The number of ether oxygens (including phenoxy) is 1. The summed E-state index contributed by atoms with van der Waals surface area (Å²) in [7, 11) is 0. The van der Waals surface area contributed by atoms with Crippen LogP contribution in [0.4, 0.5) is 0 Å². The number of halogens is 1. The summed E-state index contributed by atoms with van der Waals surface area (Å²) in [4.78, 5) is 11.0. The zero-order valence-corrected chi connectivity index (χ0v) is 11.4. The Balaban J connectivity index is 0.00000121. The summed E-state index contributed by atoms with van der Waals surface area (Å²) in [5.74, 6) is -0.0831. The summed E-state index contributed by atoms with van der Waals surface area (Å²) in [5.41, 5.74) is 0. The van der Waals surface area contributed by atoms with E-state index >= 15 is 0 Å². The van der Waals surface area contributed by atoms with Crippen molar-refractivity contribution in [2.45, 2.75) is 6.92 Å². The molecule has 0 spiro atoms. The van der Waals surface area contributed by atoms with Crippen molar-refractivity contribution in [3.8, 4) is 0 Å². The van der Waals surface area contributed by atoms with Gasteiger partial charge >= 0.3 is 74.0 Å². The molecule has 0 aliphatic heterocycles. The van der Waals surface area contributed by atoms with Crippen LogP contribution >= 0.6 is 17.0 Å². The van der Waals surface area contributed by atoms with Gasteiger partial charge in [-0.3, -0.25) is 0 Å². The van der Waals surface area contributed by atoms with E-state index < -0.39 is 0 Å². The Kier molecular flexibility index (Phi) is 5.42. The van der Waals surface area contributed by atoms with E-state index in [-0.39, 0.29) is 23.0 Å². The van der Waals surface area contributed by atoms with Crippen LogP contribution in [0.1, 0.15) is 17.5 Å². The summed E-state index contributed by atoms with van der Waals surface area (Å²) in [6.07, 6.45) is 0. The average molecular weight is 285 g/mol. The van der Waals surface area contributed by atoms with E-state index in [4.69, 9.17) is 9.15 Å². The summed E-state index contributed by atoms with van der Waals surface area (Å²) in [5, 5.41) is 0. The first-order chi connectivity index (χ1) is 5.24. The van der Waals surface area contributed by atoms with E-state index in [9.17, 15) is 4.79 Å². The van der Waals surface area contributed by atoms with Gasteiger partial charge in [0.05, 0.1) is 0 Å². The van der Waals surface area contributed by atoms with Gasteiger partial charge in [-0.2, -0.15) is 0 Å². The number of carbonyl (C=O) groups is 1. The molecule has 1 aromatic heterocycles. The van der Waals surface area contributed by atoms with E-state index in [1.807, 2.05) is 0 Å². The van der Waals surface area contributed by atoms with Crippen LogP contribution in [-0.4, -0.2) is 12.6 Å². The molecule has 0 fully saturated rings. The van der Waals surface area contributed by atoms with E-state index in [1.54, 1.807) is 19.1 Å². The first-order valence-corrected chi connectivity index (χ1v) is 4.81. The van der Waals surface area contributed by atoms with Gasteiger partial charge in [0.25, 0.3) is 0 Å². The zero-order valence-electron chi connectivity index (χ0n) is 6.70. The molecular formula is C7H8BrO3Zn. The summed E-state index contributed by atoms with van der Waals surface area (Å²) >= 11 is 0.916. The van der Waals surface area contributed by atoms with Crippen LogP contribution in [0.2, 0.25) is 0 Å². The number of hydrogen-bond acceptors (Lipinski definition) is 3. The summed E-state index contributed by atoms with van der Waals surface area (Å²) in [6, 6.07) is 3.42. The molecule has 5 heteroatoms. The third kappa shape index (κ3) is 3.07. The zero-order chi connectivity index (χ0) is 8.27. The second kappa shape index (κ2) is 5.49. The van der Waals surface area contributed by atoms with Gasteiger partial charge in [0, 0.05) is 0 Å². The van der Waals surface area contributed by atoms with Crippen molar-refractivity contribution in [1.82, 2.24) is 0 Å². The topological polar surface area (TPSA) is 39.4 Å². The Bertz CT molecular complexity index is 259. The quantitative estimate of drug-likeness (QED) is 0.605. The van der Waals surface area contributed by atoms with Crippen molar-refractivity contribution >= 4 is 27.3 Å². The van der Waals surface area contributed by atoms with Gasteiger partial charge in [0.15, 0.2) is 0 Å². The fourth-order valence-electron chi connectivity index (χ4n) is 0.690. The normalized spacial score (nSPS) is 8.92. The Morgan fingerprint density at radius 2 is 2.33 bits per heavy atom. The molecule has 0 aliphatic rings. The van der Waals surface area contributed by atoms with E-state index in [0.717, 1.165) is 22.7 Å². The molecule has 0 aliphatic carbocycles. The second-order valence-corrected chi connectivity index (χ2v) is 3.45. The van der Waals surface area contributed by atoms with Crippen molar-refractivity contribution in [2.24, 2.45) is 0 Å². The van der Waals surface area contributed by atoms with Crippen molar-refractivity contribution < 1.29 is 32.3 Å². The molecule has 0 saturated carbocycles. The molecule has 0 bridgehead atoms. The molecule has 0 aromatic carbocycles. The van der Waals surface area contributed by atoms with Crippen LogP contribution in [0.15, 0.2) is 16.5 Å². The summed E-state index contributed by atoms with van der Waals surface area (Å²) < 4.78 is 10.6. The van der Waals surface area contributed by atoms with Gasteiger partial charge in [-0.25, -0.2) is 0 Å². The van der Waals surface area contributed by atoms with Gasteiger partial charge in [-0.1, -0.05) is 0 Å². The van der Waals surface area contributed by atoms with Gasteiger partial charge in [0.1, 0.15) is 0 Å². The molecule has 0 radical (unpaired) electrons. The molecule has 1 rings (SSSR count). The number of rotatable bonds is 2. The Hall–Kier alpha value is -0.147. The number of hydrogen-bond donors (Lipinski definition) is 0. The SMILES string of the molecule is Br.CCOC(=O)c1cc[c]([Zn])o1. The van der Waals surface area contributed by atoms with Crippen molar-refractivity contribution in [2.75, 3.05) is 6.61 Å². The molecule has 1 heterocycles. The van der Waals surface area contributed by atoms with Gasteiger partial charge in [0.2, 0.25) is 0 Å². The van der Waals surface area contributed by atoms with Crippen LogP contribution in [0.3, 0.4) is 0 Å². The molecule has 0 amide bonds. The number of esters is 1. The molecule has 0 unspecified atom stereocenters. The van der Waals surface area contributed by atoms with Gasteiger partial charge < -0.3 is 0 Å². The van der Waals surface area contributed by atoms with Crippen LogP contribution in [0, 0.1) is 0 Å². The molecular weight excluding hydrogens is 277 g/mol. The maximum atomic E-state index is 11.0. The molecule has 0 N–H and O–H groups in total. The van der Waals surface area contributed by atoms with Crippen LogP contribution < -0.4 is 4.35 Å². The minimum atomic E-state index is -0.382. The Morgan fingerprint density at radius 3 is 2.75 bits per heavy atom. The van der Waals surface area contributed by atoms with Crippen LogP contribution in [0.25, 0.3) is 0 Å². The van der Waals surface area contributed by atoms with Crippen molar-refractivity contribution in [3.05, 3.63) is 17.9 Å². The summed E-state index contributed by atoms with van der Waals surface area (Å²) in [6.45, 7) is 2.15. The fourth-order valence-corrected chi connectivity index (χ4v) is 1.26. The molecule has 63 valence electrons. The standard InChI is InChI=1S/C7H7O3.BrH.Zn/c1-2-9-7(8)6-4-3-5-10-6;;/h3-4H,2H2,1H3;1H;. The predicted octanol–water partition coefficient (Wildman–Crippen LogP) is 1.21. The molecule has 0 saturated heterocycles. The third-order valence-electron chi connectivity index (χ3n) is 1.14. The average Bonchev–Trinajstić information content (AvgIpc) is 2.36. The molecule has 1 aromatic rings. The molecule has 0 atom stereocenters. The Morgan fingerprint density at radius 1 is 1.67 bits per heavy atom. The predicted molar refractivity (Wildman–Crippen MR) is 44.6 cm³/mol. The van der Waals surface area contributed by atoms with Crippen LogP contribution in [-0.2, 0) is 23.0 Å². The van der Waals surface area contributed by atoms with E-state index in [2.05, 4.69) is 0 Å². The van der Waals surface area contributed by atoms with Gasteiger partial charge in [-0.15, -0.1) is 17.0 Å². The first-order valence-electron chi connectivity index (χ1n) is 3.33. The van der Waals surface area contributed by atoms with E-state index in [0.29, 0.717) is 12.4 Å². The number of carbonyl (C=O) groups excluding carboxylic acids is 1. The molecule has 3 nitrogen and oxygen atoms in total. The molecule has 12 heavy (non-hydrogen) atoms. The third-order valence-corrected chi connectivity index (χ3v) is 1.94. The fraction of sp³-hybridized carbons (Fsp3) is 0.286. The van der Waals surface area contributed by atoms with Crippen LogP contribution in [0.5, 0.6) is 0 Å². The number of furan rings is 1. The van der Waals surface area contributed by atoms with Gasteiger partial charge in [-0.05, 0) is 0 Å². The minimum absolute atomic E-state index is 0. The first kappa shape index (κ1) is 11.9. The second-order valence-electron chi connectivity index (χ2n) is 1.99. The van der Waals surface area contributed by atoms with E-state index in [1.165, 1.54) is 0 Å². The van der Waals surface area contributed by atoms with Crippen molar-refractivity contribution in [1.29, 1.82) is 0 Å². The van der Waals surface area contributed by atoms with Crippen molar-refractivity contribution in [3.63, 3.8) is 0 Å². The Labute approximate surface area is 90.9 Å².